The molecule has 1 amide bonds. The van der Waals surface area contributed by atoms with Crippen LogP contribution in [0, 0.1) is 0 Å². The van der Waals surface area contributed by atoms with Gasteiger partial charge in [0.15, 0.2) is 6.10 Å². The van der Waals surface area contributed by atoms with Crippen molar-refractivity contribution < 1.29 is 22.7 Å². The summed E-state index contributed by atoms with van der Waals surface area (Å²) in [4.78, 5) is 27.6. The predicted octanol–water partition coefficient (Wildman–Crippen LogP) is 1.53. The molecule has 1 atom stereocenters. The lowest BCUT2D eigenvalue weighted by molar-refractivity contribution is -0.140. The predicted molar refractivity (Wildman–Crippen MR) is 96.1 cm³/mol. The molecule has 3 rings (SSSR count). The quantitative estimate of drug-likeness (QED) is 0.792. The second-order valence-electron chi connectivity index (χ2n) is 6.00. The molecule has 2 N–H and O–H groups in total. The maximum absolute atomic E-state index is 12.5. The molecule has 0 fully saturated rings. The molecule has 138 valence electrons. The Balaban J connectivity index is 1.63. The van der Waals surface area contributed by atoms with Gasteiger partial charge in [-0.3, -0.25) is 4.79 Å². The molecule has 0 saturated heterocycles. The van der Waals surface area contributed by atoms with Crippen molar-refractivity contribution in [1.82, 2.24) is 4.90 Å². The first kappa shape index (κ1) is 18.6. The molecule has 9 heteroatoms. The van der Waals surface area contributed by atoms with Gasteiger partial charge in [0.2, 0.25) is 10.0 Å². The molecule has 0 saturated carbocycles. The van der Waals surface area contributed by atoms with Gasteiger partial charge in [0.05, 0.1) is 10.5 Å². The first-order valence-corrected chi connectivity index (χ1v) is 10.4. The number of nitrogens with zero attached hydrogens (tertiary/aromatic N) is 1. The average Bonchev–Trinajstić information content (AvgIpc) is 3.08. The van der Waals surface area contributed by atoms with Crippen LogP contribution in [0.4, 0.5) is 0 Å². The van der Waals surface area contributed by atoms with E-state index < -0.39 is 22.1 Å². The maximum atomic E-state index is 12.5. The highest BCUT2D eigenvalue weighted by molar-refractivity contribution is 7.89. The molecule has 1 aliphatic rings. The van der Waals surface area contributed by atoms with E-state index in [0.29, 0.717) is 13.1 Å². The van der Waals surface area contributed by atoms with Gasteiger partial charge in [-0.25, -0.2) is 18.4 Å². The fraction of sp³-hybridized carbons (Fsp3) is 0.294. The highest BCUT2D eigenvalue weighted by atomic mass is 32.2. The first-order valence-electron chi connectivity index (χ1n) is 7.93. The van der Waals surface area contributed by atoms with Crippen molar-refractivity contribution in [2.45, 2.75) is 30.9 Å². The maximum Gasteiger partial charge on any atom is 0.338 e. The number of primary sulfonamides is 1. The molecule has 0 bridgehead atoms. The second-order valence-corrected chi connectivity index (χ2v) is 8.56. The number of ether oxygens (including phenoxy) is 1. The zero-order valence-corrected chi connectivity index (χ0v) is 15.7. The Labute approximate surface area is 155 Å². The van der Waals surface area contributed by atoms with Crippen molar-refractivity contribution in [1.29, 1.82) is 0 Å². The number of esters is 1. The van der Waals surface area contributed by atoms with Gasteiger partial charge in [0.1, 0.15) is 0 Å². The van der Waals surface area contributed by atoms with Gasteiger partial charge in [0.25, 0.3) is 5.91 Å². The third-order valence-electron chi connectivity index (χ3n) is 4.17. The van der Waals surface area contributed by atoms with Crippen LogP contribution >= 0.6 is 11.3 Å². The van der Waals surface area contributed by atoms with Gasteiger partial charge < -0.3 is 9.64 Å². The normalized spacial score (nSPS) is 15.2. The number of carbonyl (C=O) groups is 2. The minimum absolute atomic E-state index is 0.0990. The van der Waals surface area contributed by atoms with Crippen molar-refractivity contribution in [3.8, 4) is 0 Å². The molecule has 0 unspecified atom stereocenters. The summed E-state index contributed by atoms with van der Waals surface area (Å²) in [6, 6.07) is 7.06. The molecule has 1 aliphatic heterocycles. The number of sulfonamides is 1. The zero-order valence-electron chi connectivity index (χ0n) is 14.0. The van der Waals surface area contributed by atoms with E-state index in [9.17, 15) is 18.0 Å². The molecular formula is C17H18N2O5S2. The fourth-order valence-electron chi connectivity index (χ4n) is 2.75. The van der Waals surface area contributed by atoms with Crippen LogP contribution in [-0.2, 0) is 32.5 Å². The van der Waals surface area contributed by atoms with E-state index in [-0.39, 0.29) is 16.4 Å². The van der Waals surface area contributed by atoms with E-state index in [4.69, 9.17) is 9.88 Å². The van der Waals surface area contributed by atoms with Gasteiger partial charge in [-0.05, 0) is 54.6 Å². The molecule has 0 spiro atoms. The third kappa shape index (κ3) is 3.95. The van der Waals surface area contributed by atoms with Crippen LogP contribution in [0.1, 0.15) is 27.7 Å². The molecule has 2 aromatic rings. The SMILES string of the molecule is C[C@@H](OC(=O)c1ccc(S(N)(=O)=O)cc1)C(=O)N1CCc2sccc2C1. The van der Waals surface area contributed by atoms with E-state index in [0.717, 1.165) is 12.0 Å². The summed E-state index contributed by atoms with van der Waals surface area (Å²) < 4.78 is 27.7. The lowest BCUT2D eigenvalue weighted by atomic mass is 10.1. The smallest absolute Gasteiger partial charge is 0.338 e. The number of amides is 1. The van der Waals surface area contributed by atoms with E-state index >= 15 is 0 Å². The molecule has 0 radical (unpaired) electrons. The van der Waals surface area contributed by atoms with E-state index in [1.807, 2.05) is 11.4 Å². The minimum Gasteiger partial charge on any atom is -0.449 e. The van der Waals surface area contributed by atoms with Crippen molar-refractivity contribution >= 4 is 33.2 Å². The van der Waals surface area contributed by atoms with Gasteiger partial charge >= 0.3 is 5.97 Å². The summed E-state index contributed by atoms with van der Waals surface area (Å²) in [5.41, 5.74) is 1.28. The zero-order chi connectivity index (χ0) is 18.9. The standard InChI is InChI=1S/C17H18N2O5S2/c1-11(16(20)19-8-6-15-13(10-19)7-9-25-15)24-17(21)12-2-4-14(5-3-12)26(18,22)23/h2-5,7,9,11H,6,8,10H2,1H3,(H2,18,22,23)/t11-/m1/s1. The van der Waals surface area contributed by atoms with Crippen molar-refractivity contribution in [2.75, 3.05) is 6.54 Å². The minimum atomic E-state index is -3.83. The van der Waals surface area contributed by atoms with Crippen LogP contribution in [0.5, 0.6) is 0 Å². The molecule has 26 heavy (non-hydrogen) atoms. The van der Waals surface area contributed by atoms with Gasteiger partial charge in [-0.2, -0.15) is 0 Å². The van der Waals surface area contributed by atoms with Crippen LogP contribution in [0.2, 0.25) is 0 Å². The topological polar surface area (TPSA) is 107 Å². The highest BCUT2D eigenvalue weighted by Crippen LogP contribution is 2.24. The molecule has 1 aromatic carbocycles. The van der Waals surface area contributed by atoms with E-state index in [1.54, 1.807) is 16.2 Å². The second kappa shape index (κ2) is 7.18. The summed E-state index contributed by atoms with van der Waals surface area (Å²) in [6.07, 6.45) is -0.130. The Morgan fingerprint density at radius 3 is 2.58 bits per heavy atom. The number of thiophene rings is 1. The van der Waals surface area contributed by atoms with Crippen molar-refractivity contribution in [3.05, 3.63) is 51.7 Å². The van der Waals surface area contributed by atoms with Gasteiger partial charge in [0, 0.05) is 18.0 Å². The molecular weight excluding hydrogens is 376 g/mol. The number of hydrogen-bond donors (Lipinski definition) is 1. The molecule has 2 heterocycles. The van der Waals surface area contributed by atoms with Crippen LogP contribution in [0.15, 0.2) is 40.6 Å². The first-order chi connectivity index (χ1) is 12.3. The van der Waals surface area contributed by atoms with Crippen LogP contribution < -0.4 is 5.14 Å². The summed E-state index contributed by atoms with van der Waals surface area (Å²) >= 11 is 1.68. The summed E-state index contributed by atoms with van der Waals surface area (Å²) in [7, 11) is -3.83. The van der Waals surface area contributed by atoms with Crippen LogP contribution in [0.25, 0.3) is 0 Å². The number of rotatable bonds is 4. The molecule has 1 aromatic heterocycles. The monoisotopic (exact) mass is 394 g/mol. The number of nitrogens with two attached hydrogens (primary N) is 1. The average molecular weight is 394 g/mol. The van der Waals surface area contributed by atoms with E-state index in [2.05, 4.69) is 0 Å². The third-order valence-corrected chi connectivity index (χ3v) is 6.12. The number of benzene rings is 1. The number of carbonyl (C=O) groups excluding carboxylic acids is 2. The van der Waals surface area contributed by atoms with Crippen LogP contribution in [-0.4, -0.2) is 37.8 Å². The summed E-state index contributed by atoms with van der Waals surface area (Å²) in [6.45, 7) is 2.64. The van der Waals surface area contributed by atoms with Crippen molar-refractivity contribution in [3.63, 3.8) is 0 Å². The Morgan fingerprint density at radius 1 is 1.23 bits per heavy atom. The number of hydrogen-bond acceptors (Lipinski definition) is 6. The van der Waals surface area contributed by atoms with Gasteiger partial charge in [-0.15, -0.1) is 11.3 Å². The Bertz CT molecular complexity index is 934. The summed E-state index contributed by atoms with van der Waals surface area (Å²) in [5.74, 6) is -0.948. The Hall–Kier alpha value is -2.23. The summed E-state index contributed by atoms with van der Waals surface area (Å²) in [5, 5.41) is 7.03. The lowest BCUT2D eigenvalue weighted by Crippen LogP contribution is -2.42. The Kier molecular flexibility index (Phi) is 5.12. The molecule has 0 aliphatic carbocycles. The van der Waals surface area contributed by atoms with Gasteiger partial charge in [-0.1, -0.05) is 0 Å². The highest BCUT2D eigenvalue weighted by Gasteiger charge is 2.27. The largest absolute Gasteiger partial charge is 0.449 e. The van der Waals surface area contributed by atoms with E-state index in [1.165, 1.54) is 36.1 Å². The number of fused-ring (bicyclic) bond motifs is 1. The Morgan fingerprint density at radius 2 is 1.92 bits per heavy atom. The van der Waals surface area contributed by atoms with Crippen molar-refractivity contribution in [2.24, 2.45) is 5.14 Å². The van der Waals surface area contributed by atoms with Crippen LogP contribution in [0.3, 0.4) is 0 Å². The fourth-order valence-corrected chi connectivity index (χ4v) is 4.16. The lowest BCUT2D eigenvalue weighted by Gasteiger charge is -2.29. The molecule has 7 nitrogen and oxygen atoms in total.